The summed E-state index contributed by atoms with van der Waals surface area (Å²) < 4.78 is 0.142. The summed E-state index contributed by atoms with van der Waals surface area (Å²) in [5, 5.41) is 0. The molecule has 0 heterocycles. The molecule has 0 saturated heterocycles. The molecular formula is C30H22O2Se2. The van der Waals surface area contributed by atoms with Crippen LogP contribution in [0.3, 0.4) is 0 Å². The minimum atomic E-state index is -0.364. The van der Waals surface area contributed by atoms with Crippen molar-refractivity contribution in [1.82, 2.24) is 0 Å². The van der Waals surface area contributed by atoms with E-state index < -0.39 is 0 Å². The van der Waals surface area contributed by atoms with Crippen molar-refractivity contribution in [1.29, 1.82) is 0 Å². The molecule has 4 rings (SSSR count). The molecule has 4 heteroatoms. The summed E-state index contributed by atoms with van der Waals surface area (Å²) in [4.78, 5) is 25.2. The van der Waals surface area contributed by atoms with Gasteiger partial charge in [0.2, 0.25) is 0 Å². The summed E-state index contributed by atoms with van der Waals surface area (Å²) in [5.74, 6) is 0. The number of rotatable bonds is 9. The van der Waals surface area contributed by atoms with Crippen LogP contribution in [0.25, 0.3) is 24.3 Å². The molecule has 0 bridgehead atoms. The number of carbonyl (C=O) groups is 2. The van der Waals surface area contributed by atoms with Gasteiger partial charge in [-0.25, -0.2) is 0 Å². The van der Waals surface area contributed by atoms with Crippen LogP contribution < -0.4 is 0 Å². The van der Waals surface area contributed by atoms with E-state index in [4.69, 9.17) is 0 Å². The Kier molecular flexibility index (Phi) is 8.62. The van der Waals surface area contributed by atoms with Gasteiger partial charge in [0.05, 0.1) is 0 Å². The molecule has 0 N–H and O–H groups in total. The van der Waals surface area contributed by atoms with Gasteiger partial charge < -0.3 is 0 Å². The van der Waals surface area contributed by atoms with Crippen LogP contribution in [0, 0.1) is 0 Å². The molecule has 4 aromatic carbocycles. The summed E-state index contributed by atoms with van der Waals surface area (Å²) in [6.45, 7) is 0. The zero-order chi connectivity index (χ0) is 23.6. The minimum absolute atomic E-state index is 0.0712. The zero-order valence-electron chi connectivity index (χ0n) is 18.3. The van der Waals surface area contributed by atoms with Crippen LogP contribution in [0.5, 0.6) is 0 Å². The molecule has 2 nitrogen and oxygen atoms in total. The van der Waals surface area contributed by atoms with Gasteiger partial charge in [0, 0.05) is 0 Å². The monoisotopic (exact) mass is 574 g/mol. The number of hydrogen-bond donors (Lipinski definition) is 0. The fourth-order valence-electron chi connectivity index (χ4n) is 3.15. The third-order valence-corrected chi connectivity index (χ3v) is 11.0. The van der Waals surface area contributed by atoms with Gasteiger partial charge in [-0.1, -0.05) is 0 Å². The van der Waals surface area contributed by atoms with Crippen LogP contribution >= 0.6 is 0 Å². The standard InChI is InChI=1S/C30H22O2Se2/c31-29(27-19-15-25(16-20-27)13-11-23-7-3-1-4-8-23)33-34-30(32)28-21-17-26(18-22-28)14-12-24-9-5-2-6-10-24/h1-22H/b13-11+,14-12+. The second kappa shape index (κ2) is 12.3. The number of carbonyl (C=O) groups excluding carboxylic acids is 2. The van der Waals surface area contributed by atoms with E-state index in [1.54, 1.807) is 0 Å². The molecule has 0 aliphatic rings. The van der Waals surface area contributed by atoms with Crippen molar-refractivity contribution >= 4 is 59.9 Å². The molecule has 0 aliphatic carbocycles. The summed E-state index contributed by atoms with van der Waals surface area (Å²) >= 11 is -0.727. The Labute approximate surface area is 211 Å². The Morgan fingerprint density at radius 2 is 0.706 bits per heavy atom. The maximum atomic E-state index is 12.6. The van der Waals surface area contributed by atoms with Crippen LogP contribution in [0.1, 0.15) is 43.0 Å². The molecular weight excluding hydrogens is 550 g/mol. The quantitative estimate of drug-likeness (QED) is 0.174. The first-order valence-corrected chi connectivity index (χ1v) is 16.8. The van der Waals surface area contributed by atoms with Gasteiger partial charge in [0.15, 0.2) is 0 Å². The molecule has 0 spiro atoms. The molecule has 0 amide bonds. The number of hydrogen-bond acceptors (Lipinski definition) is 2. The van der Waals surface area contributed by atoms with Gasteiger partial charge in [-0.2, -0.15) is 0 Å². The fourth-order valence-corrected chi connectivity index (χ4v) is 8.19. The topological polar surface area (TPSA) is 34.1 Å². The average Bonchev–Trinajstić information content (AvgIpc) is 2.91. The van der Waals surface area contributed by atoms with E-state index in [2.05, 4.69) is 0 Å². The maximum absolute atomic E-state index is 12.6. The summed E-state index contributed by atoms with van der Waals surface area (Å²) in [5.41, 5.74) is 5.69. The Morgan fingerprint density at radius 3 is 1.03 bits per heavy atom. The summed E-state index contributed by atoms with van der Waals surface area (Å²) in [7, 11) is 0. The van der Waals surface area contributed by atoms with Crippen molar-refractivity contribution in [2.75, 3.05) is 0 Å². The van der Waals surface area contributed by atoms with Gasteiger partial charge in [-0.05, 0) is 0 Å². The first kappa shape index (κ1) is 23.9. The van der Waals surface area contributed by atoms with Crippen molar-refractivity contribution in [2.45, 2.75) is 0 Å². The third kappa shape index (κ3) is 7.12. The van der Waals surface area contributed by atoms with Crippen LogP contribution in [0.15, 0.2) is 109 Å². The fraction of sp³-hybridized carbons (Fsp3) is 0. The molecule has 4 aromatic rings. The van der Waals surface area contributed by atoms with Crippen molar-refractivity contribution < 1.29 is 9.59 Å². The van der Waals surface area contributed by atoms with Gasteiger partial charge in [0.1, 0.15) is 0 Å². The van der Waals surface area contributed by atoms with E-state index in [0.29, 0.717) is 11.1 Å². The normalized spacial score (nSPS) is 11.2. The van der Waals surface area contributed by atoms with Crippen LogP contribution in [0.2, 0.25) is 0 Å². The van der Waals surface area contributed by atoms with Crippen LogP contribution in [-0.2, 0) is 0 Å². The first-order valence-electron chi connectivity index (χ1n) is 10.8. The van der Waals surface area contributed by atoms with E-state index in [1.165, 1.54) is 0 Å². The van der Waals surface area contributed by atoms with Crippen LogP contribution in [0.4, 0.5) is 0 Å². The van der Waals surface area contributed by atoms with Gasteiger partial charge >= 0.3 is 212 Å². The van der Waals surface area contributed by atoms with Crippen molar-refractivity contribution in [3.63, 3.8) is 0 Å². The van der Waals surface area contributed by atoms with Crippen molar-refractivity contribution in [3.05, 3.63) is 143 Å². The van der Waals surface area contributed by atoms with Gasteiger partial charge in [0.25, 0.3) is 0 Å². The SMILES string of the molecule is O=C([Se][Se]C(=O)c1ccc(/C=C/c2ccccc2)cc1)c1ccc(/C=C/c2ccccc2)cc1. The van der Waals surface area contributed by atoms with Gasteiger partial charge in [-0.3, -0.25) is 0 Å². The van der Waals surface area contributed by atoms with E-state index >= 15 is 0 Å². The Morgan fingerprint density at radius 1 is 0.412 bits per heavy atom. The predicted molar refractivity (Wildman–Crippen MR) is 144 cm³/mol. The number of benzene rings is 4. The Hall–Kier alpha value is -3.26. The Balaban J connectivity index is 1.29. The molecule has 0 atom stereocenters. The molecule has 166 valence electrons. The van der Waals surface area contributed by atoms with Crippen molar-refractivity contribution in [2.24, 2.45) is 0 Å². The second-order valence-electron chi connectivity index (χ2n) is 7.47. The summed E-state index contributed by atoms with van der Waals surface area (Å²) in [6.07, 6.45) is 8.15. The molecule has 0 unspecified atom stereocenters. The van der Waals surface area contributed by atoms with E-state index in [1.807, 2.05) is 133 Å². The zero-order valence-corrected chi connectivity index (χ0v) is 21.8. The molecule has 0 aromatic heterocycles. The third-order valence-electron chi connectivity index (χ3n) is 5.02. The summed E-state index contributed by atoms with van der Waals surface area (Å²) in [6, 6.07) is 35.4. The first-order chi connectivity index (χ1) is 16.7. The molecule has 0 saturated carbocycles. The average molecular weight is 572 g/mol. The van der Waals surface area contributed by atoms with Crippen LogP contribution in [-0.4, -0.2) is 35.6 Å². The molecule has 0 radical (unpaired) electrons. The van der Waals surface area contributed by atoms with E-state index in [0.717, 1.165) is 22.3 Å². The molecule has 0 aliphatic heterocycles. The predicted octanol–water partition coefficient (Wildman–Crippen LogP) is 6.33. The molecule has 0 fully saturated rings. The Bertz CT molecular complexity index is 1190. The molecule has 34 heavy (non-hydrogen) atoms. The van der Waals surface area contributed by atoms with E-state index in [9.17, 15) is 9.59 Å². The van der Waals surface area contributed by atoms with Crippen molar-refractivity contribution in [3.8, 4) is 0 Å². The second-order valence-corrected chi connectivity index (χ2v) is 13.4. The van der Waals surface area contributed by atoms with Gasteiger partial charge in [-0.15, -0.1) is 0 Å². The van der Waals surface area contributed by atoms with E-state index in [-0.39, 0.29) is 35.6 Å².